The number of anilines is 2. The van der Waals surface area contributed by atoms with E-state index in [4.69, 9.17) is 5.10 Å². The Morgan fingerprint density at radius 2 is 1.92 bits per heavy atom. The zero-order valence-electron chi connectivity index (χ0n) is 15.6. The van der Waals surface area contributed by atoms with E-state index in [2.05, 4.69) is 53.1 Å². The fourth-order valence-electron chi connectivity index (χ4n) is 2.70. The molecule has 2 aromatic heterocycles. The molecular formula is C19H26N6S. The first-order chi connectivity index (χ1) is 12.7. The van der Waals surface area contributed by atoms with Gasteiger partial charge in [0.15, 0.2) is 5.82 Å². The van der Waals surface area contributed by atoms with Gasteiger partial charge in [0.2, 0.25) is 5.65 Å². The van der Waals surface area contributed by atoms with Gasteiger partial charge in [-0.15, -0.1) is 15.3 Å². The van der Waals surface area contributed by atoms with Gasteiger partial charge in [0.25, 0.3) is 0 Å². The van der Waals surface area contributed by atoms with Crippen LogP contribution < -0.4 is 10.6 Å². The molecule has 138 valence electrons. The second-order valence-electron chi connectivity index (χ2n) is 6.50. The Labute approximate surface area is 158 Å². The first-order valence-electron chi connectivity index (χ1n) is 8.96. The molecule has 0 radical (unpaired) electrons. The molecule has 0 bridgehead atoms. The summed E-state index contributed by atoms with van der Waals surface area (Å²) >= 11 is 1.86. The van der Waals surface area contributed by atoms with E-state index >= 15 is 0 Å². The first kappa shape index (κ1) is 18.5. The lowest BCUT2D eigenvalue weighted by Crippen LogP contribution is -2.10. The maximum Gasteiger partial charge on any atom is 0.201 e. The monoisotopic (exact) mass is 370 g/mol. The van der Waals surface area contributed by atoms with E-state index in [0.29, 0.717) is 0 Å². The zero-order chi connectivity index (χ0) is 18.4. The van der Waals surface area contributed by atoms with Crippen LogP contribution in [-0.4, -0.2) is 38.4 Å². The van der Waals surface area contributed by atoms with Crippen LogP contribution in [0.2, 0.25) is 0 Å². The van der Waals surface area contributed by atoms with Gasteiger partial charge >= 0.3 is 0 Å². The molecule has 0 aliphatic carbocycles. The average molecular weight is 371 g/mol. The van der Waals surface area contributed by atoms with Crippen molar-refractivity contribution in [2.24, 2.45) is 0 Å². The largest absolute Gasteiger partial charge is 0.378 e. The lowest BCUT2D eigenvalue weighted by Gasteiger charge is -2.12. The van der Waals surface area contributed by atoms with Crippen LogP contribution in [0.5, 0.6) is 0 Å². The Kier molecular flexibility index (Phi) is 6.33. The smallest absolute Gasteiger partial charge is 0.201 e. The number of hydrogen-bond donors (Lipinski definition) is 2. The summed E-state index contributed by atoms with van der Waals surface area (Å²) in [5.74, 6) is 3.11. The number of rotatable bonds is 9. The number of aromatic nitrogens is 4. The molecule has 0 fully saturated rings. The van der Waals surface area contributed by atoms with Crippen molar-refractivity contribution in [3.63, 3.8) is 0 Å². The summed E-state index contributed by atoms with van der Waals surface area (Å²) in [6, 6.07) is 12.4. The van der Waals surface area contributed by atoms with E-state index in [1.807, 2.05) is 40.5 Å². The van der Waals surface area contributed by atoms with Crippen LogP contribution in [0, 0.1) is 0 Å². The average Bonchev–Trinajstić information content (AvgIpc) is 3.08. The highest BCUT2D eigenvalue weighted by atomic mass is 32.2. The molecule has 0 spiro atoms. The maximum atomic E-state index is 4.70. The summed E-state index contributed by atoms with van der Waals surface area (Å²) in [5.41, 5.74) is 2.93. The number of benzene rings is 1. The van der Waals surface area contributed by atoms with Gasteiger partial charge in [-0.1, -0.05) is 44.2 Å². The number of nitrogens with zero attached hydrogens (tertiary/aromatic N) is 4. The van der Waals surface area contributed by atoms with Gasteiger partial charge < -0.3 is 10.6 Å². The maximum absolute atomic E-state index is 4.70. The highest BCUT2D eigenvalue weighted by Gasteiger charge is 2.15. The molecule has 26 heavy (non-hydrogen) atoms. The Bertz CT molecular complexity index is 831. The van der Waals surface area contributed by atoms with Crippen LogP contribution >= 0.6 is 11.8 Å². The molecule has 3 aromatic rings. The van der Waals surface area contributed by atoms with E-state index in [0.717, 1.165) is 48.2 Å². The minimum absolute atomic E-state index is 0.256. The Morgan fingerprint density at radius 1 is 1.12 bits per heavy atom. The molecule has 2 heterocycles. The molecular weight excluding hydrogens is 344 g/mol. The van der Waals surface area contributed by atoms with Crippen LogP contribution in [0.25, 0.3) is 5.65 Å². The molecule has 0 aliphatic rings. The Hall–Kier alpha value is -2.28. The zero-order valence-corrected chi connectivity index (χ0v) is 16.4. The van der Waals surface area contributed by atoms with E-state index in [1.54, 1.807) is 0 Å². The quantitative estimate of drug-likeness (QED) is 0.555. The molecule has 0 amide bonds. The minimum atomic E-state index is 0.256. The topological polar surface area (TPSA) is 67.1 Å². The van der Waals surface area contributed by atoms with Crippen LogP contribution in [-0.2, 0) is 6.54 Å². The highest BCUT2D eigenvalue weighted by molar-refractivity contribution is 7.98. The predicted octanol–water partition coefficient (Wildman–Crippen LogP) is 4.02. The molecule has 0 saturated carbocycles. The second kappa shape index (κ2) is 8.89. The van der Waals surface area contributed by atoms with Gasteiger partial charge in [0, 0.05) is 25.1 Å². The summed E-state index contributed by atoms with van der Waals surface area (Å²) in [5, 5.41) is 20.3. The molecule has 0 atom stereocenters. The summed E-state index contributed by atoms with van der Waals surface area (Å²) in [6.07, 6.45) is 3.23. The van der Waals surface area contributed by atoms with Crippen LogP contribution in [0.4, 0.5) is 11.5 Å². The molecule has 0 unspecified atom stereocenters. The molecule has 0 saturated heterocycles. The standard InChI is InChI=1S/C19H26N6S/c1-14(2)18-22-23-19-16(21-13-15-8-5-4-6-9-15)12-17(24-25(18)19)20-10-7-11-26-3/h4-6,8-9,12,14,21H,7,10-11,13H2,1-3H3,(H,20,24). The third kappa shape index (κ3) is 4.46. The third-order valence-electron chi connectivity index (χ3n) is 4.07. The first-order valence-corrected chi connectivity index (χ1v) is 10.4. The van der Waals surface area contributed by atoms with Gasteiger partial charge in [0.1, 0.15) is 5.82 Å². The number of nitrogens with one attached hydrogen (secondary N) is 2. The van der Waals surface area contributed by atoms with Gasteiger partial charge in [0.05, 0.1) is 5.69 Å². The molecule has 6 nitrogen and oxygen atoms in total. The normalized spacial score (nSPS) is 11.2. The molecule has 7 heteroatoms. The summed E-state index contributed by atoms with van der Waals surface area (Å²) < 4.78 is 1.86. The SMILES string of the molecule is CSCCCNc1cc(NCc2ccccc2)c2nnc(C(C)C)n2n1. The summed E-state index contributed by atoms with van der Waals surface area (Å²) in [4.78, 5) is 0. The molecule has 0 aliphatic heterocycles. The van der Waals surface area contributed by atoms with E-state index in [1.165, 1.54) is 5.56 Å². The van der Waals surface area contributed by atoms with Crippen molar-refractivity contribution in [2.75, 3.05) is 29.2 Å². The van der Waals surface area contributed by atoms with Crippen molar-refractivity contribution in [3.05, 3.63) is 47.8 Å². The van der Waals surface area contributed by atoms with Crippen molar-refractivity contribution >= 4 is 28.9 Å². The lowest BCUT2D eigenvalue weighted by atomic mass is 10.2. The molecule has 3 rings (SSSR count). The van der Waals surface area contributed by atoms with Crippen molar-refractivity contribution < 1.29 is 0 Å². The number of fused-ring (bicyclic) bond motifs is 1. The van der Waals surface area contributed by atoms with Gasteiger partial charge in [-0.05, 0) is 24.0 Å². The van der Waals surface area contributed by atoms with Crippen molar-refractivity contribution in [1.82, 2.24) is 19.8 Å². The van der Waals surface area contributed by atoms with Crippen LogP contribution in [0.3, 0.4) is 0 Å². The van der Waals surface area contributed by atoms with Crippen molar-refractivity contribution in [1.29, 1.82) is 0 Å². The number of hydrogen-bond acceptors (Lipinski definition) is 6. The van der Waals surface area contributed by atoms with E-state index in [-0.39, 0.29) is 5.92 Å². The molecule has 1 aromatic carbocycles. The summed E-state index contributed by atoms with van der Waals surface area (Å²) in [6.45, 7) is 5.84. The fraction of sp³-hybridized carbons (Fsp3) is 0.421. The second-order valence-corrected chi connectivity index (χ2v) is 7.49. The van der Waals surface area contributed by atoms with Gasteiger partial charge in [-0.2, -0.15) is 16.3 Å². The van der Waals surface area contributed by atoms with E-state index < -0.39 is 0 Å². The Morgan fingerprint density at radius 3 is 2.65 bits per heavy atom. The third-order valence-corrected chi connectivity index (χ3v) is 4.76. The van der Waals surface area contributed by atoms with Crippen LogP contribution in [0.15, 0.2) is 36.4 Å². The van der Waals surface area contributed by atoms with Gasteiger partial charge in [-0.25, -0.2) is 0 Å². The van der Waals surface area contributed by atoms with Crippen molar-refractivity contribution in [3.8, 4) is 0 Å². The lowest BCUT2D eigenvalue weighted by molar-refractivity contribution is 0.721. The summed E-state index contributed by atoms with van der Waals surface area (Å²) in [7, 11) is 0. The van der Waals surface area contributed by atoms with Crippen LogP contribution in [0.1, 0.15) is 37.6 Å². The number of thioether (sulfide) groups is 1. The fourth-order valence-corrected chi connectivity index (χ4v) is 3.13. The van der Waals surface area contributed by atoms with E-state index in [9.17, 15) is 0 Å². The predicted molar refractivity (Wildman–Crippen MR) is 110 cm³/mol. The Balaban J connectivity index is 1.86. The highest BCUT2D eigenvalue weighted by Crippen LogP contribution is 2.22. The minimum Gasteiger partial charge on any atom is -0.378 e. The molecule has 2 N–H and O–H groups in total. The van der Waals surface area contributed by atoms with Gasteiger partial charge in [-0.3, -0.25) is 0 Å². The van der Waals surface area contributed by atoms with Crippen molar-refractivity contribution in [2.45, 2.75) is 32.7 Å².